The second-order valence-electron chi connectivity index (χ2n) is 4.68. The first-order valence-electron chi connectivity index (χ1n) is 5.65. The second kappa shape index (κ2) is 4.23. The largest absolute Gasteiger partial charge is 0.481 e. The molecule has 0 bridgehead atoms. The summed E-state index contributed by atoms with van der Waals surface area (Å²) in [5, 5.41) is 12.4. The Kier molecular flexibility index (Phi) is 2.94. The molecule has 0 saturated heterocycles. The van der Waals surface area contributed by atoms with Crippen molar-refractivity contribution >= 4 is 5.97 Å². The molecule has 1 aromatic rings. The van der Waals surface area contributed by atoms with Gasteiger partial charge in [-0.15, -0.1) is 0 Å². The Morgan fingerprint density at radius 2 is 2.19 bits per heavy atom. The van der Waals surface area contributed by atoms with E-state index in [9.17, 15) is 4.79 Å². The minimum atomic E-state index is -0.835. The highest BCUT2D eigenvalue weighted by molar-refractivity contribution is 5.66. The fourth-order valence-corrected chi connectivity index (χ4v) is 2.19. The smallest absolute Gasteiger partial charge is 0.303 e. The molecule has 1 saturated carbocycles. The standard InChI is InChI=1S/C11H16N2O3/c1-11(6-2-3-7-11)10-12-8(13-16-10)4-5-9(14)15/h2-7H2,1H3,(H,14,15). The molecule has 0 aromatic carbocycles. The molecule has 88 valence electrons. The maximum atomic E-state index is 10.4. The number of rotatable bonds is 4. The van der Waals surface area contributed by atoms with E-state index in [0.29, 0.717) is 18.1 Å². The van der Waals surface area contributed by atoms with Crippen LogP contribution in [-0.4, -0.2) is 21.2 Å². The Labute approximate surface area is 93.9 Å². The number of hydrogen-bond acceptors (Lipinski definition) is 4. The van der Waals surface area contributed by atoms with Crippen LogP contribution in [0.4, 0.5) is 0 Å². The first kappa shape index (κ1) is 11.1. The van der Waals surface area contributed by atoms with Gasteiger partial charge in [0.05, 0.1) is 6.42 Å². The summed E-state index contributed by atoms with van der Waals surface area (Å²) in [4.78, 5) is 14.7. The third kappa shape index (κ3) is 2.23. The highest BCUT2D eigenvalue weighted by Gasteiger charge is 2.35. The van der Waals surface area contributed by atoms with E-state index in [1.165, 1.54) is 12.8 Å². The van der Waals surface area contributed by atoms with E-state index in [-0.39, 0.29) is 11.8 Å². The van der Waals surface area contributed by atoms with E-state index in [1.54, 1.807) is 0 Å². The topological polar surface area (TPSA) is 76.2 Å². The van der Waals surface area contributed by atoms with Crippen LogP contribution in [0.25, 0.3) is 0 Å². The summed E-state index contributed by atoms with van der Waals surface area (Å²) in [6.45, 7) is 2.13. The number of aliphatic carboxylic acids is 1. The minimum absolute atomic E-state index is 0.00841. The van der Waals surface area contributed by atoms with Crippen LogP contribution in [0.2, 0.25) is 0 Å². The van der Waals surface area contributed by atoms with Crippen LogP contribution >= 0.6 is 0 Å². The fourth-order valence-electron chi connectivity index (χ4n) is 2.19. The quantitative estimate of drug-likeness (QED) is 0.845. The Balaban J connectivity index is 2.04. The minimum Gasteiger partial charge on any atom is -0.481 e. The maximum Gasteiger partial charge on any atom is 0.303 e. The molecule has 0 radical (unpaired) electrons. The van der Waals surface area contributed by atoms with Gasteiger partial charge in [-0.05, 0) is 12.8 Å². The summed E-state index contributed by atoms with van der Waals surface area (Å²) in [6.07, 6.45) is 4.94. The van der Waals surface area contributed by atoms with Gasteiger partial charge in [-0.25, -0.2) is 0 Å². The fraction of sp³-hybridized carbons (Fsp3) is 0.727. The molecule has 1 N–H and O–H groups in total. The second-order valence-corrected chi connectivity index (χ2v) is 4.68. The summed E-state index contributed by atoms with van der Waals surface area (Å²) in [7, 11) is 0. The third-order valence-corrected chi connectivity index (χ3v) is 3.25. The molecular weight excluding hydrogens is 208 g/mol. The van der Waals surface area contributed by atoms with Crippen molar-refractivity contribution in [3.63, 3.8) is 0 Å². The molecule has 0 aliphatic heterocycles. The zero-order valence-electron chi connectivity index (χ0n) is 9.40. The van der Waals surface area contributed by atoms with Crippen molar-refractivity contribution in [1.29, 1.82) is 0 Å². The van der Waals surface area contributed by atoms with E-state index in [2.05, 4.69) is 17.1 Å². The zero-order valence-corrected chi connectivity index (χ0v) is 9.40. The highest BCUT2D eigenvalue weighted by atomic mass is 16.5. The molecule has 2 rings (SSSR count). The molecule has 0 atom stereocenters. The van der Waals surface area contributed by atoms with Gasteiger partial charge in [0.25, 0.3) is 0 Å². The first-order valence-corrected chi connectivity index (χ1v) is 5.65. The molecule has 1 aliphatic rings. The van der Waals surface area contributed by atoms with Crippen molar-refractivity contribution in [1.82, 2.24) is 10.1 Å². The molecule has 1 fully saturated rings. The predicted molar refractivity (Wildman–Crippen MR) is 56.1 cm³/mol. The van der Waals surface area contributed by atoms with Crippen molar-refractivity contribution in [3.05, 3.63) is 11.7 Å². The summed E-state index contributed by atoms with van der Waals surface area (Å²) in [5.74, 6) is 0.342. The van der Waals surface area contributed by atoms with Crippen LogP contribution in [0, 0.1) is 0 Å². The van der Waals surface area contributed by atoms with Crippen LogP contribution in [0.1, 0.15) is 50.7 Å². The normalized spacial score (nSPS) is 18.8. The first-order chi connectivity index (χ1) is 7.60. The number of hydrogen-bond donors (Lipinski definition) is 1. The third-order valence-electron chi connectivity index (χ3n) is 3.25. The van der Waals surface area contributed by atoms with Crippen molar-refractivity contribution in [2.24, 2.45) is 0 Å². The summed E-state index contributed by atoms with van der Waals surface area (Å²) >= 11 is 0. The Morgan fingerprint density at radius 3 is 2.81 bits per heavy atom. The molecule has 5 nitrogen and oxygen atoms in total. The summed E-state index contributed by atoms with van der Waals surface area (Å²) < 4.78 is 5.23. The van der Waals surface area contributed by atoms with E-state index in [0.717, 1.165) is 12.8 Å². The van der Waals surface area contributed by atoms with Gasteiger partial charge in [0, 0.05) is 11.8 Å². The number of carboxylic acid groups (broad SMARTS) is 1. The van der Waals surface area contributed by atoms with Crippen molar-refractivity contribution in [2.45, 2.75) is 50.9 Å². The van der Waals surface area contributed by atoms with E-state index in [1.807, 2.05) is 0 Å². The van der Waals surface area contributed by atoms with Crippen LogP contribution in [0.3, 0.4) is 0 Å². The van der Waals surface area contributed by atoms with Gasteiger partial charge in [-0.3, -0.25) is 4.79 Å². The monoisotopic (exact) mass is 224 g/mol. The SMILES string of the molecule is CC1(c2nc(CCC(=O)O)no2)CCCC1. The Bertz CT molecular complexity index is 380. The molecule has 0 spiro atoms. The molecular formula is C11H16N2O3. The van der Waals surface area contributed by atoms with Gasteiger partial charge in [-0.2, -0.15) is 4.98 Å². The molecule has 5 heteroatoms. The molecule has 16 heavy (non-hydrogen) atoms. The number of carbonyl (C=O) groups is 1. The average Bonchev–Trinajstić information content (AvgIpc) is 2.84. The number of aryl methyl sites for hydroxylation is 1. The summed E-state index contributed by atoms with van der Waals surface area (Å²) in [6, 6.07) is 0. The van der Waals surface area contributed by atoms with Gasteiger partial charge < -0.3 is 9.63 Å². The molecule has 1 aliphatic carbocycles. The van der Waals surface area contributed by atoms with Crippen LogP contribution < -0.4 is 0 Å². The molecule has 0 amide bonds. The lowest BCUT2D eigenvalue weighted by atomic mass is 9.89. The van der Waals surface area contributed by atoms with E-state index < -0.39 is 5.97 Å². The van der Waals surface area contributed by atoms with E-state index in [4.69, 9.17) is 9.63 Å². The summed E-state index contributed by atoms with van der Waals surface area (Å²) in [5.41, 5.74) is 0.00841. The van der Waals surface area contributed by atoms with Crippen LogP contribution in [-0.2, 0) is 16.6 Å². The average molecular weight is 224 g/mol. The van der Waals surface area contributed by atoms with Crippen molar-refractivity contribution in [3.8, 4) is 0 Å². The number of aromatic nitrogens is 2. The van der Waals surface area contributed by atoms with Crippen LogP contribution in [0.5, 0.6) is 0 Å². The Hall–Kier alpha value is -1.39. The van der Waals surface area contributed by atoms with Gasteiger partial charge in [0.15, 0.2) is 5.82 Å². The predicted octanol–water partition coefficient (Wildman–Crippen LogP) is 1.92. The van der Waals surface area contributed by atoms with Crippen molar-refractivity contribution < 1.29 is 14.4 Å². The van der Waals surface area contributed by atoms with Gasteiger partial charge in [0.2, 0.25) is 5.89 Å². The number of nitrogens with zero attached hydrogens (tertiary/aromatic N) is 2. The molecule has 0 unspecified atom stereocenters. The van der Waals surface area contributed by atoms with Gasteiger partial charge in [0.1, 0.15) is 0 Å². The lowest BCUT2D eigenvalue weighted by Crippen LogP contribution is -2.17. The maximum absolute atomic E-state index is 10.4. The lowest BCUT2D eigenvalue weighted by molar-refractivity contribution is -0.137. The Morgan fingerprint density at radius 1 is 1.50 bits per heavy atom. The zero-order chi connectivity index (χ0) is 11.6. The molecule has 1 aromatic heterocycles. The molecule has 1 heterocycles. The number of carboxylic acids is 1. The highest BCUT2D eigenvalue weighted by Crippen LogP contribution is 2.39. The van der Waals surface area contributed by atoms with Gasteiger partial charge in [-0.1, -0.05) is 24.9 Å². The lowest BCUT2D eigenvalue weighted by Gasteiger charge is -2.16. The van der Waals surface area contributed by atoms with Crippen LogP contribution in [0.15, 0.2) is 4.52 Å². The van der Waals surface area contributed by atoms with Crippen molar-refractivity contribution in [2.75, 3.05) is 0 Å². The van der Waals surface area contributed by atoms with E-state index >= 15 is 0 Å². The van der Waals surface area contributed by atoms with Gasteiger partial charge >= 0.3 is 5.97 Å².